The molecule has 1 N–H and O–H groups in total. The van der Waals surface area contributed by atoms with Gasteiger partial charge in [-0.2, -0.15) is 4.37 Å². The quantitative estimate of drug-likeness (QED) is 0.852. The van der Waals surface area contributed by atoms with Crippen LogP contribution in [0.1, 0.15) is 15.4 Å². The molecule has 6 heteroatoms. The first-order chi connectivity index (χ1) is 8.25. The molecule has 1 aromatic rings. The van der Waals surface area contributed by atoms with Crippen molar-refractivity contribution >= 4 is 17.4 Å². The lowest BCUT2D eigenvalue weighted by atomic mass is 10.3. The van der Waals surface area contributed by atoms with Crippen LogP contribution >= 0.6 is 11.5 Å². The van der Waals surface area contributed by atoms with Crippen LogP contribution in [0.25, 0.3) is 0 Å². The molecule has 94 valence electrons. The average Bonchev–Trinajstić information content (AvgIpc) is 2.77. The van der Waals surface area contributed by atoms with Crippen molar-refractivity contribution in [2.24, 2.45) is 0 Å². The third-order valence-electron chi connectivity index (χ3n) is 2.68. The van der Waals surface area contributed by atoms with Crippen LogP contribution in [0.15, 0.2) is 6.07 Å². The Morgan fingerprint density at radius 2 is 2.35 bits per heavy atom. The van der Waals surface area contributed by atoms with Gasteiger partial charge < -0.3 is 10.1 Å². The summed E-state index contributed by atoms with van der Waals surface area (Å²) in [6.07, 6.45) is 0. The molecule has 1 fully saturated rings. The minimum Gasteiger partial charge on any atom is -0.379 e. The first kappa shape index (κ1) is 12.5. The maximum absolute atomic E-state index is 11.7. The van der Waals surface area contributed by atoms with E-state index in [2.05, 4.69) is 14.6 Å². The van der Waals surface area contributed by atoms with Crippen LogP contribution < -0.4 is 5.32 Å². The highest BCUT2D eigenvalue weighted by Crippen LogP contribution is 2.07. The third kappa shape index (κ3) is 3.76. The monoisotopic (exact) mass is 255 g/mol. The van der Waals surface area contributed by atoms with Gasteiger partial charge in [-0.15, -0.1) is 0 Å². The van der Waals surface area contributed by atoms with Crippen LogP contribution in [0, 0.1) is 6.92 Å². The highest BCUT2D eigenvalue weighted by Gasteiger charge is 2.12. The van der Waals surface area contributed by atoms with E-state index in [-0.39, 0.29) is 5.91 Å². The Kier molecular flexibility index (Phi) is 4.47. The van der Waals surface area contributed by atoms with Crippen LogP contribution in [0.5, 0.6) is 0 Å². The number of hydrogen-bond donors (Lipinski definition) is 1. The fraction of sp³-hybridized carbons (Fsp3) is 0.636. The molecule has 1 aliphatic heterocycles. The fourth-order valence-corrected chi connectivity index (χ4v) is 2.26. The van der Waals surface area contributed by atoms with E-state index in [1.54, 1.807) is 0 Å². The van der Waals surface area contributed by atoms with Crippen molar-refractivity contribution in [2.45, 2.75) is 6.92 Å². The van der Waals surface area contributed by atoms with Gasteiger partial charge in [-0.3, -0.25) is 9.69 Å². The molecule has 17 heavy (non-hydrogen) atoms. The summed E-state index contributed by atoms with van der Waals surface area (Å²) in [4.78, 5) is 15.0. The van der Waals surface area contributed by atoms with Gasteiger partial charge in [0.25, 0.3) is 5.91 Å². The van der Waals surface area contributed by atoms with Gasteiger partial charge in [0.2, 0.25) is 0 Å². The number of morpholine rings is 1. The molecule has 0 unspecified atom stereocenters. The predicted molar refractivity (Wildman–Crippen MR) is 66.4 cm³/mol. The van der Waals surface area contributed by atoms with Crippen molar-refractivity contribution in [3.63, 3.8) is 0 Å². The van der Waals surface area contributed by atoms with Crippen molar-refractivity contribution in [3.05, 3.63) is 16.6 Å². The molecule has 1 aromatic heterocycles. The summed E-state index contributed by atoms with van der Waals surface area (Å²) in [5.74, 6) is -0.0809. The number of amides is 1. The Morgan fingerprint density at radius 1 is 1.59 bits per heavy atom. The molecule has 2 heterocycles. The highest BCUT2D eigenvalue weighted by molar-refractivity contribution is 7.05. The summed E-state index contributed by atoms with van der Waals surface area (Å²) in [5, 5.41) is 2.88. The summed E-state index contributed by atoms with van der Waals surface area (Å²) in [6.45, 7) is 6.96. The Hall–Kier alpha value is -0.980. The van der Waals surface area contributed by atoms with E-state index >= 15 is 0 Å². The lowest BCUT2D eigenvalue weighted by Crippen LogP contribution is -2.41. The van der Waals surface area contributed by atoms with E-state index < -0.39 is 0 Å². The number of ether oxygens (including phenoxy) is 1. The number of nitrogens with zero attached hydrogens (tertiary/aromatic N) is 2. The molecule has 0 bridgehead atoms. The van der Waals surface area contributed by atoms with Gasteiger partial charge in [-0.1, -0.05) is 0 Å². The number of rotatable bonds is 4. The predicted octanol–water partition coefficient (Wildman–Crippen LogP) is 0.514. The second-order valence-corrected chi connectivity index (χ2v) is 5.04. The van der Waals surface area contributed by atoms with Crippen molar-refractivity contribution in [2.75, 3.05) is 39.4 Å². The zero-order valence-electron chi connectivity index (χ0n) is 9.94. The van der Waals surface area contributed by atoms with Crippen molar-refractivity contribution in [1.29, 1.82) is 0 Å². The number of aromatic nitrogens is 1. The van der Waals surface area contributed by atoms with Gasteiger partial charge in [0, 0.05) is 31.1 Å². The molecule has 0 aromatic carbocycles. The molecule has 1 aliphatic rings. The van der Waals surface area contributed by atoms with Crippen molar-refractivity contribution < 1.29 is 9.53 Å². The maximum atomic E-state index is 11.7. The number of nitrogens with one attached hydrogen (secondary N) is 1. The summed E-state index contributed by atoms with van der Waals surface area (Å²) >= 11 is 1.36. The minimum absolute atomic E-state index is 0.0809. The number of hydrogen-bond acceptors (Lipinski definition) is 5. The van der Waals surface area contributed by atoms with Gasteiger partial charge in [0.15, 0.2) is 0 Å². The normalized spacial score (nSPS) is 17.0. The highest BCUT2D eigenvalue weighted by atomic mass is 32.1. The Balaban J connectivity index is 1.69. The van der Waals surface area contributed by atoms with Crippen LogP contribution in [-0.2, 0) is 4.74 Å². The second kappa shape index (κ2) is 6.09. The summed E-state index contributed by atoms with van der Waals surface area (Å²) in [6, 6.07) is 1.81. The maximum Gasteiger partial charge on any atom is 0.271 e. The second-order valence-electron chi connectivity index (χ2n) is 4.03. The molecule has 1 amide bonds. The zero-order chi connectivity index (χ0) is 12.1. The molecule has 2 rings (SSSR count). The first-order valence-corrected chi connectivity index (χ1v) is 6.54. The average molecular weight is 255 g/mol. The van der Waals surface area contributed by atoms with Crippen molar-refractivity contribution in [1.82, 2.24) is 14.6 Å². The van der Waals surface area contributed by atoms with Crippen LogP contribution in [0.4, 0.5) is 0 Å². The van der Waals surface area contributed by atoms with Crippen LogP contribution in [0.3, 0.4) is 0 Å². The van der Waals surface area contributed by atoms with E-state index in [1.807, 2.05) is 13.0 Å². The van der Waals surface area contributed by atoms with Crippen LogP contribution in [-0.4, -0.2) is 54.6 Å². The van der Waals surface area contributed by atoms with Gasteiger partial charge in [-0.25, -0.2) is 0 Å². The molecule has 1 saturated heterocycles. The van der Waals surface area contributed by atoms with E-state index in [0.29, 0.717) is 12.2 Å². The Morgan fingerprint density at radius 3 is 3.00 bits per heavy atom. The SMILES string of the molecule is Cc1cc(C(=O)NCCN2CCOCC2)ns1. The molecular weight excluding hydrogens is 238 g/mol. The molecular formula is C11H17N3O2S. The topological polar surface area (TPSA) is 54.5 Å². The summed E-state index contributed by atoms with van der Waals surface area (Å²) < 4.78 is 9.34. The van der Waals surface area contributed by atoms with Gasteiger partial charge >= 0.3 is 0 Å². The Bertz CT molecular complexity index is 375. The van der Waals surface area contributed by atoms with E-state index in [4.69, 9.17) is 4.74 Å². The number of carbonyl (C=O) groups is 1. The Labute approximate surface area is 105 Å². The molecule has 0 spiro atoms. The molecule has 0 atom stereocenters. The van der Waals surface area contributed by atoms with E-state index in [1.165, 1.54) is 11.5 Å². The zero-order valence-corrected chi connectivity index (χ0v) is 10.8. The van der Waals surface area contributed by atoms with Crippen LogP contribution in [0.2, 0.25) is 0 Å². The fourth-order valence-electron chi connectivity index (χ4n) is 1.72. The van der Waals surface area contributed by atoms with E-state index in [0.717, 1.165) is 37.7 Å². The minimum atomic E-state index is -0.0809. The number of aryl methyl sites for hydroxylation is 1. The van der Waals surface area contributed by atoms with E-state index in [9.17, 15) is 4.79 Å². The third-order valence-corrected chi connectivity index (χ3v) is 3.37. The molecule has 0 saturated carbocycles. The van der Waals surface area contributed by atoms with Gasteiger partial charge in [0.1, 0.15) is 5.69 Å². The smallest absolute Gasteiger partial charge is 0.271 e. The standard InChI is InChI=1S/C11H17N3O2S/c1-9-8-10(13-17-9)11(15)12-2-3-14-4-6-16-7-5-14/h8H,2-7H2,1H3,(H,12,15). The lowest BCUT2D eigenvalue weighted by molar-refractivity contribution is 0.0383. The van der Waals surface area contributed by atoms with Gasteiger partial charge in [0.05, 0.1) is 13.2 Å². The largest absolute Gasteiger partial charge is 0.379 e. The summed E-state index contributed by atoms with van der Waals surface area (Å²) in [7, 11) is 0. The summed E-state index contributed by atoms with van der Waals surface area (Å²) in [5.41, 5.74) is 0.523. The first-order valence-electron chi connectivity index (χ1n) is 5.77. The van der Waals surface area contributed by atoms with Crippen molar-refractivity contribution in [3.8, 4) is 0 Å². The molecule has 5 nitrogen and oxygen atoms in total. The molecule has 0 aliphatic carbocycles. The lowest BCUT2D eigenvalue weighted by Gasteiger charge is -2.26. The molecule has 0 radical (unpaired) electrons. The number of carbonyl (C=O) groups excluding carboxylic acids is 1. The van der Waals surface area contributed by atoms with Gasteiger partial charge in [-0.05, 0) is 24.5 Å².